The van der Waals surface area contributed by atoms with E-state index in [1.54, 1.807) is 56.7 Å². The molecule has 0 aliphatic carbocycles. The molecule has 47 heavy (non-hydrogen) atoms. The number of carbonyl (C=O) groups is 2. The van der Waals surface area contributed by atoms with Crippen LogP contribution in [0.2, 0.25) is 0 Å². The first kappa shape index (κ1) is 33.9. The maximum absolute atomic E-state index is 12.3. The van der Waals surface area contributed by atoms with Gasteiger partial charge in [-0.3, -0.25) is 0 Å². The van der Waals surface area contributed by atoms with E-state index in [4.69, 9.17) is 34.2 Å². The zero-order valence-corrected chi connectivity index (χ0v) is 26.4. The molecule has 0 fully saturated rings. The van der Waals surface area contributed by atoms with Crippen molar-refractivity contribution in [1.82, 2.24) is 5.32 Å². The number of rotatable bonds is 14. The lowest BCUT2D eigenvalue weighted by molar-refractivity contribution is 0.140. The number of ether oxygens (including phenoxy) is 6. The summed E-state index contributed by atoms with van der Waals surface area (Å²) >= 11 is 0. The third-order valence-electron chi connectivity index (χ3n) is 6.77. The molecule has 0 bridgehead atoms. The van der Waals surface area contributed by atoms with Crippen LogP contribution in [0.4, 0.5) is 9.59 Å². The van der Waals surface area contributed by atoms with Crippen molar-refractivity contribution in [2.75, 3.05) is 27.9 Å². The molecule has 4 aromatic carbocycles. The van der Waals surface area contributed by atoms with E-state index in [0.29, 0.717) is 29.4 Å². The van der Waals surface area contributed by atoms with Crippen LogP contribution in [-0.2, 0) is 29.3 Å². The smallest absolute Gasteiger partial charge is 0.435 e. The quantitative estimate of drug-likeness (QED) is 0.121. The highest BCUT2D eigenvalue weighted by molar-refractivity contribution is 6.03. The van der Waals surface area contributed by atoms with Gasteiger partial charge >= 0.3 is 12.2 Å². The average Bonchev–Trinajstić information content (AvgIpc) is 3.11. The van der Waals surface area contributed by atoms with E-state index < -0.39 is 12.2 Å². The van der Waals surface area contributed by atoms with Crippen molar-refractivity contribution in [1.29, 1.82) is 0 Å². The second-order valence-electron chi connectivity index (χ2n) is 10.0. The largest absolute Gasteiger partial charge is 0.497 e. The number of benzene rings is 4. The number of amidine groups is 1. The Morgan fingerprint density at radius 1 is 0.702 bits per heavy atom. The van der Waals surface area contributed by atoms with E-state index in [-0.39, 0.29) is 25.7 Å². The molecule has 244 valence electrons. The summed E-state index contributed by atoms with van der Waals surface area (Å²) in [5.74, 6) is 2.36. The van der Waals surface area contributed by atoms with Crippen molar-refractivity contribution in [3.63, 3.8) is 0 Å². The summed E-state index contributed by atoms with van der Waals surface area (Å²) in [6.45, 7) is 0.783. The Labute approximate surface area is 273 Å². The van der Waals surface area contributed by atoms with Crippen molar-refractivity contribution in [2.24, 2.45) is 10.7 Å². The minimum absolute atomic E-state index is 0.0200. The Bertz CT molecular complexity index is 1670. The van der Waals surface area contributed by atoms with Gasteiger partial charge in [0.05, 0.1) is 21.3 Å². The maximum atomic E-state index is 12.3. The highest BCUT2D eigenvalue weighted by Gasteiger charge is 2.11. The van der Waals surface area contributed by atoms with Crippen molar-refractivity contribution >= 4 is 24.1 Å². The molecule has 0 saturated carbocycles. The molecule has 0 heterocycles. The molecular weight excluding hydrogens is 602 g/mol. The molecule has 11 heteroatoms. The van der Waals surface area contributed by atoms with Gasteiger partial charge in [0, 0.05) is 12.1 Å². The standard InChI is InChI=1S/C36H37N3O8/c1-42-30-15-10-27(11-16-30)23-46-35(40)38-20-4-5-25-6-8-26(9-7-25)22-45-33-21-29(14-19-32(33)44-3)34(37)39-36(41)47-24-28-12-17-31(43-2)18-13-28/h4-19,21H,20,22-24H2,1-3H3,(H,38,40)(H2,37,39,41)/b5-4+. The van der Waals surface area contributed by atoms with E-state index in [1.807, 2.05) is 60.7 Å². The highest BCUT2D eigenvalue weighted by Crippen LogP contribution is 2.29. The molecule has 0 spiro atoms. The number of hydrogen-bond donors (Lipinski definition) is 2. The van der Waals surface area contributed by atoms with Crippen molar-refractivity contribution in [2.45, 2.75) is 19.8 Å². The third-order valence-corrected chi connectivity index (χ3v) is 6.77. The van der Waals surface area contributed by atoms with Gasteiger partial charge in [-0.2, -0.15) is 4.99 Å². The first-order chi connectivity index (χ1) is 22.9. The molecule has 3 N–H and O–H groups in total. The summed E-state index contributed by atoms with van der Waals surface area (Å²) in [5, 5.41) is 2.69. The van der Waals surface area contributed by atoms with Gasteiger partial charge in [0.25, 0.3) is 0 Å². The molecule has 0 saturated heterocycles. The van der Waals surface area contributed by atoms with E-state index in [1.165, 1.54) is 7.11 Å². The monoisotopic (exact) mass is 639 g/mol. The summed E-state index contributed by atoms with van der Waals surface area (Å²) in [5.41, 5.74) is 10.1. The van der Waals surface area contributed by atoms with Crippen molar-refractivity contribution in [3.8, 4) is 23.0 Å². The Kier molecular flexibility index (Phi) is 12.6. The fourth-order valence-electron chi connectivity index (χ4n) is 4.16. The van der Waals surface area contributed by atoms with Crippen LogP contribution in [0, 0.1) is 0 Å². The Hall–Kier alpha value is -5.97. The van der Waals surface area contributed by atoms with Crippen molar-refractivity contribution in [3.05, 3.63) is 125 Å². The molecule has 4 rings (SSSR count). The molecule has 0 aliphatic rings. The van der Waals surface area contributed by atoms with Gasteiger partial charge < -0.3 is 39.5 Å². The number of nitrogens with zero attached hydrogens (tertiary/aromatic N) is 1. The van der Waals surface area contributed by atoms with E-state index in [0.717, 1.165) is 28.0 Å². The van der Waals surface area contributed by atoms with Crippen LogP contribution in [0.5, 0.6) is 23.0 Å². The molecular formula is C36H37N3O8. The fraction of sp³-hybridized carbons (Fsp3) is 0.194. The molecule has 0 unspecified atom stereocenters. The second kappa shape index (κ2) is 17.5. The average molecular weight is 640 g/mol. The minimum Gasteiger partial charge on any atom is -0.497 e. The van der Waals surface area contributed by atoms with Crippen LogP contribution in [0.1, 0.15) is 27.8 Å². The van der Waals surface area contributed by atoms with Crippen LogP contribution < -0.4 is 30.0 Å². The molecule has 0 atom stereocenters. The number of hydrogen-bond acceptors (Lipinski definition) is 8. The number of nitrogens with two attached hydrogens (primary N) is 1. The molecule has 2 amide bonds. The van der Waals surface area contributed by atoms with E-state index in [2.05, 4.69) is 10.3 Å². The fourth-order valence-corrected chi connectivity index (χ4v) is 4.16. The van der Waals surface area contributed by atoms with Gasteiger partial charge in [0.15, 0.2) is 11.5 Å². The van der Waals surface area contributed by atoms with Crippen LogP contribution in [0.3, 0.4) is 0 Å². The predicted molar refractivity (Wildman–Crippen MR) is 178 cm³/mol. The summed E-state index contributed by atoms with van der Waals surface area (Å²) in [4.78, 5) is 28.1. The molecule has 0 aliphatic heterocycles. The number of methoxy groups -OCH3 is 3. The topological polar surface area (TPSA) is 140 Å². The number of aliphatic imine (C=N–C) groups is 1. The summed E-state index contributed by atoms with van der Waals surface area (Å²) in [6, 6.07) is 27.2. The molecule has 0 aromatic heterocycles. The Morgan fingerprint density at radius 2 is 1.28 bits per heavy atom. The zero-order valence-electron chi connectivity index (χ0n) is 26.4. The van der Waals surface area contributed by atoms with Crippen LogP contribution >= 0.6 is 0 Å². The van der Waals surface area contributed by atoms with Gasteiger partial charge in [0.2, 0.25) is 0 Å². The van der Waals surface area contributed by atoms with Crippen LogP contribution in [0.25, 0.3) is 6.08 Å². The summed E-state index contributed by atoms with van der Waals surface area (Å²) < 4.78 is 32.2. The van der Waals surface area contributed by atoms with Gasteiger partial charge in [-0.05, 0) is 64.7 Å². The number of amides is 2. The normalized spacial score (nSPS) is 11.1. The SMILES string of the molecule is COc1ccc(COC(=O)/N=C(/N)c2ccc(OC)c(OCc3ccc(/C=C/CNC(=O)OCc4ccc(OC)cc4)cc3)c2)cc1. The lowest BCUT2D eigenvalue weighted by atomic mass is 10.1. The highest BCUT2D eigenvalue weighted by atomic mass is 16.6. The second-order valence-corrected chi connectivity index (χ2v) is 10.0. The van der Waals surface area contributed by atoms with Crippen LogP contribution in [0.15, 0.2) is 102 Å². The summed E-state index contributed by atoms with van der Waals surface area (Å²) in [6.07, 6.45) is 2.41. The number of alkyl carbamates (subject to hydrolysis) is 1. The van der Waals surface area contributed by atoms with Crippen molar-refractivity contribution < 1.29 is 38.0 Å². The lowest BCUT2D eigenvalue weighted by Gasteiger charge is -2.12. The predicted octanol–water partition coefficient (Wildman–Crippen LogP) is 6.27. The van der Waals surface area contributed by atoms with Gasteiger partial charge in [-0.1, -0.05) is 60.7 Å². The van der Waals surface area contributed by atoms with Gasteiger partial charge in [0.1, 0.15) is 37.2 Å². The third kappa shape index (κ3) is 10.9. The zero-order chi connectivity index (χ0) is 33.4. The number of nitrogens with one attached hydrogen (secondary N) is 1. The number of carbonyl (C=O) groups excluding carboxylic acids is 2. The lowest BCUT2D eigenvalue weighted by Crippen LogP contribution is -2.24. The van der Waals surface area contributed by atoms with E-state index in [9.17, 15) is 9.59 Å². The maximum Gasteiger partial charge on any atom is 0.435 e. The first-order valence-electron chi connectivity index (χ1n) is 14.6. The van der Waals surface area contributed by atoms with Crippen LogP contribution in [-0.4, -0.2) is 45.9 Å². The molecule has 0 radical (unpaired) electrons. The van der Waals surface area contributed by atoms with Gasteiger partial charge in [-0.15, -0.1) is 0 Å². The Morgan fingerprint density at radius 3 is 1.87 bits per heavy atom. The van der Waals surface area contributed by atoms with Gasteiger partial charge in [-0.25, -0.2) is 9.59 Å². The summed E-state index contributed by atoms with van der Waals surface area (Å²) in [7, 11) is 4.71. The molecule has 11 nitrogen and oxygen atoms in total. The first-order valence-corrected chi connectivity index (χ1v) is 14.6. The molecule has 4 aromatic rings. The minimum atomic E-state index is -0.814. The Balaban J connectivity index is 1.24. The van der Waals surface area contributed by atoms with E-state index >= 15 is 0 Å².